The van der Waals surface area contributed by atoms with Crippen LogP contribution in [0.25, 0.3) is 0 Å². The van der Waals surface area contributed by atoms with Crippen molar-refractivity contribution in [2.24, 2.45) is 0 Å². The molecule has 0 fully saturated rings. The lowest BCUT2D eigenvalue weighted by Crippen LogP contribution is -2.22. The van der Waals surface area contributed by atoms with Crippen molar-refractivity contribution in [1.82, 2.24) is 15.0 Å². The molecule has 0 radical (unpaired) electrons. The minimum absolute atomic E-state index is 0.0236. The summed E-state index contributed by atoms with van der Waals surface area (Å²) >= 11 is 0. The summed E-state index contributed by atoms with van der Waals surface area (Å²) in [5, 5.41) is 13.3. The summed E-state index contributed by atoms with van der Waals surface area (Å²) in [6.07, 6.45) is 0. The van der Waals surface area contributed by atoms with Crippen LogP contribution in [0.2, 0.25) is 0 Å². The Labute approximate surface area is 169 Å². The quantitative estimate of drug-likeness (QED) is 0.617. The van der Waals surface area contributed by atoms with E-state index in [2.05, 4.69) is 20.9 Å². The number of aromatic nitrogens is 3. The number of nitrogens with zero attached hydrogens (tertiary/aromatic N) is 3. The smallest absolute Gasteiger partial charge is 0.280 e. The third kappa shape index (κ3) is 4.43. The molecule has 0 atom stereocenters. The maximum Gasteiger partial charge on any atom is 0.280 e. The van der Waals surface area contributed by atoms with Gasteiger partial charge in [-0.3, -0.25) is 9.59 Å². The second kappa shape index (κ2) is 8.14. The Kier molecular flexibility index (Phi) is 5.63. The number of rotatable bonds is 5. The lowest BCUT2D eigenvalue weighted by molar-refractivity contribution is -0.116. The fraction of sp³-hybridized carbons (Fsp3) is 0.238. The van der Waals surface area contributed by atoms with Crippen molar-refractivity contribution in [2.45, 2.75) is 34.2 Å². The van der Waals surface area contributed by atoms with E-state index in [4.69, 9.17) is 5.73 Å². The van der Waals surface area contributed by atoms with E-state index >= 15 is 0 Å². The molecule has 1 aromatic heterocycles. The molecule has 4 N–H and O–H groups in total. The highest BCUT2D eigenvalue weighted by Gasteiger charge is 2.20. The van der Waals surface area contributed by atoms with Crippen LogP contribution < -0.4 is 16.4 Å². The highest BCUT2D eigenvalue weighted by molar-refractivity contribution is 6.06. The SMILES string of the molecule is Cc1ccc(NC(=O)c2nnn(CC(=O)Nc3cccc(C)c3C)c2N)c(C)c1. The monoisotopic (exact) mass is 392 g/mol. The van der Waals surface area contributed by atoms with Crippen LogP contribution in [0.5, 0.6) is 0 Å². The summed E-state index contributed by atoms with van der Waals surface area (Å²) in [6.45, 7) is 7.64. The number of nitrogens with one attached hydrogen (secondary N) is 2. The van der Waals surface area contributed by atoms with E-state index in [1.807, 2.05) is 64.1 Å². The molecule has 2 aromatic carbocycles. The van der Waals surface area contributed by atoms with Gasteiger partial charge in [-0.15, -0.1) is 5.10 Å². The van der Waals surface area contributed by atoms with E-state index in [0.717, 1.165) is 27.9 Å². The Bertz CT molecular complexity index is 1090. The number of benzene rings is 2. The van der Waals surface area contributed by atoms with Gasteiger partial charge in [-0.25, -0.2) is 4.68 Å². The molecular weight excluding hydrogens is 368 g/mol. The Hall–Kier alpha value is -3.68. The normalized spacial score (nSPS) is 10.6. The summed E-state index contributed by atoms with van der Waals surface area (Å²) in [6, 6.07) is 11.4. The second-order valence-electron chi connectivity index (χ2n) is 7.05. The van der Waals surface area contributed by atoms with Crippen LogP contribution in [0.15, 0.2) is 36.4 Å². The van der Waals surface area contributed by atoms with Gasteiger partial charge in [-0.1, -0.05) is 35.0 Å². The van der Waals surface area contributed by atoms with Gasteiger partial charge in [-0.05, 0) is 56.5 Å². The molecule has 1 heterocycles. The number of nitrogens with two attached hydrogens (primary N) is 1. The molecule has 150 valence electrons. The van der Waals surface area contributed by atoms with Crippen molar-refractivity contribution in [3.8, 4) is 0 Å². The van der Waals surface area contributed by atoms with Crippen molar-refractivity contribution in [3.63, 3.8) is 0 Å². The first-order chi connectivity index (χ1) is 13.8. The molecule has 8 nitrogen and oxygen atoms in total. The summed E-state index contributed by atoms with van der Waals surface area (Å²) in [4.78, 5) is 24.9. The van der Waals surface area contributed by atoms with Crippen LogP contribution >= 0.6 is 0 Å². The molecule has 0 bridgehead atoms. The molecule has 29 heavy (non-hydrogen) atoms. The van der Waals surface area contributed by atoms with Gasteiger partial charge in [0.15, 0.2) is 11.5 Å². The van der Waals surface area contributed by atoms with Gasteiger partial charge >= 0.3 is 0 Å². The Morgan fingerprint density at radius 3 is 2.48 bits per heavy atom. The fourth-order valence-electron chi connectivity index (χ4n) is 2.95. The van der Waals surface area contributed by atoms with Crippen LogP contribution in [-0.4, -0.2) is 26.8 Å². The van der Waals surface area contributed by atoms with Gasteiger partial charge in [-0.2, -0.15) is 0 Å². The predicted molar refractivity (Wildman–Crippen MR) is 113 cm³/mol. The summed E-state index contributed by atoms with van der Waals surface area (Å²) < 4.78 is 1.21. The average Bonchev–Trinajstić information content (AvgIpc) is 3.02. The minimum atomic E-state index is -0.476. The molecule has 0 aliphatic carbocycles. The standard InChI is InChI=1S/C21H24N6O2/c1-12-8-9-16(14(3)10-12)24-21(29)19-20(22)27(26-25-19)11-18(28)23-17-7-5-6-13(2)15(17)4/h5-10H,11,22H2,1-4H3,(H,23,28)(H,24,29). The van der Waals surface area contributed by atoms with E-state index in [-0.39, 0.29) is 24.0 Å². The average molecular weight is 392 g/mol. The highest BCUT2D eigenvalue weighted by atomic mass is 16.2. The van der Waals surface area contributed by atoms with E-state index < -0.39 is 5.91 Å². The van der Waals surface area contributed by atoms with Crippen molar-refractivity contribution < 1.29 is 9.59 Å². The van der Waals surface area contributed by atoms with Crippen molar-refractivity contribution >= 4 is 29.0 Å². The van der Waals surface area contributed by atoms with Gasteiger partial charge in [0.25, 0.3) is 5.91 Å². The molecule has 0 saturated heterocycles. The lowest BCUT2D eigenvalue weighted by atomic mass is 10.1. The first kappa shape index (κ1) is 20.1. The number of carbonyl (C=O) groups excluding carboxylic acids is 2. The van der Waals surface area contributed by atoms with Gasteiger partial charge in [0, 0.05) is 11.4 Å². The zero-order valence-electron chi connectivity index (χ0n) is 16.9. The number of aryl methyl sites for hydroxylation is 3. The van der Waals surface area contributed by atoms with E-state index in [9.17, 15) is 9.59 Å². The summed E-state index contributed by atoms with van der Waals surface area (Å²) in [5.74, 6) is -0.754. The second-order valence-corrected chi connectivity index (χ2v) is 7.05. The molecule has 0 unspecified atom stereocenters. The summed E-state index contributed by atoms with van der Waals surface area (Å²) in [5.41, 5.74) is 11.5. The molecule has 3 aromatic rings. The van der Waals surface area contributed by atoms with E-state index in [0.29, 0.717) is 5.69 Å². The van der Waals surface area contributed by atoms with Crippen molar-refractivity contribution in [2.75, 3.05) is 16.4 Å². The maximum absolute atomic E-state index is 12.5. The predicted octanol–water partition coefficient (Wildman–Crippen LogP) is 2.98. The van der Waals surface area contributed by atoms with Gasteiger partial charge in [0.1, 0.15) is 6.54 Å². The molecule has 0 aliphatic heterocycles. The van der Waals surface area contributed by atoms with Gasteiger partial charge < -0.3 is 16.4 Å². The number of nitrogen functional groups attached to an aromatic ring is 1. The number of carbonyl (C=O) groups is 2. The first-order valence-electron chi connectivity index (χ1n) is 9.20. The molecule has 0 saturated carbocycles. The maximum atomic E-state index is 12.5. The van der Waals surface area contributed by atoms with E-state index in [1.54, 1.807) is 0 Å². The fourth-order valence-corrected chi connectivity index (χ4v) is 2.95. The third-order valence-electron chi connectivity index (χ3n) is 4.79. The number of hydrogen-bond donors (Lipinski definition) is 3. The van der Waals surface area contributed by atoms with Crippen molar-refractivity contribution in [3.05, 3.63) is 64.3 Å². The molecular formula is C21H24N6O2. The number of hydrogen-bond acceptors (Lipinski definition) is 5. The first-order valence-corrected chi connectivity index (χ1v) is 9.20. The van der Waals surface area contributed by atoms with Crippen LogP contribution in [0.3, 0.4) is 0 Å². The molecule has 8 heteroatoms. The molecule has 2 amide bonds. The zero-order valence-corrected chi connectivity index (χ0v) is 16.9. The number of anilines is 3. The Morgan fingerprint density at radius 2 is 1.76 bits per heavy atom. The molecule has 3 rings (SSSR count). The minimum Gasteiger partial charge on any atom is -0.382 e. The van der Waals surface area contributed by atoms with Crippen LogP contribution in [-0.2, 0) is 11.3 Å². The number of amides is 2. The van der Waals surface area contributed by atoms with Crippen molar-refractivity contribution in [1.29, 1.82) is 0 Å². The van der Waals surface area contributed by atoms with E-state index in [1.165, 1.54) is 4.68 Å². The summed E-state index contributed by atoms with van der Waals surface area (Å²) in [7, 11) is 0. The van der Waals surface area contributed by atoms with Crippen LogP contribution in [0, 0.1) is 27.7 Å². The Morgan fingerprint density at radius 1 is 1.00 bits per heavy atom. The van der Waals surface area contributed by atoms with Gasteiger partial charge in [0.2, 0.25) is 5.91 Å². The Balaban J connectivity index is 1.70. The highest BCUT2D eigenvalue weighted by Crippen LogP contribution is 2.19. The topological polar surface area (TPSA) is 115 Å². The lowest BCUT2D eigenvalue weighted by Gasteiger charge is -2.11. The van der Waals surface area contributed by atoms with Crippen LogP contribution in [0.4, 0.5) is 17.2 Å². The largest absolute Gasteiger partial charge is 0.382 e. The molecule has 0 aliphatic rings. The molecule has 0 spiro atoms. The van der Waals surface area contributed by atoms with Crippen LogP contribution in [0.1, 0.15) is 32.7 Å². The third-order valence-corrected chi connectivity index (χ3v) is 4.79. The zero-order chi connectivity index (χ0) is 21.1. The van der Waals surface area contributed by atoms with Gasteiger partial charge in [0.05, 0.1) is 0 Å².